The van der Waals surface area contributed by atoms with E-state index in [1.54, 1.807) is 0 Å². The molecule has 72 valence electrons. The van der Waals surface area contributed by atoms with Crippen LogP contribution in [0.1, 0.15) is 26.7 Å². The lowest BCUT2D eigenvalue weighted by Crippen LogP contribution is -2.45. The van der Waals surface area contributed by atoms with Crippen molar-refractivity contribution >= 4 is 11.8 Å². The van der Waals surface area contributed by atoms with E-state index in [1.807, 2.05) is 0 Å². The highest BCUT2D eigenvalue weighted by molar-refractivity contribution is 7.99. The monoisotopic (exact) mass is 188 g/mol. The minimum absolute atomic E-state index is 0.532. The molecule has 3 atom stereocenters. The fourth-order valence-electron chi connectivity index (χ4n) is 1.85. The fraction of sp³-hybridized carbons (Fsp3) is 1.00. The summed E-state index contributed by atoms with van der Waals surface area (Å²) in [6.07, 6.45) is 2.56. The van der Waals surface area contributed by atoms with Gasteiger partial charge in [0.25, 0.3) is 0 Å². The molecular formula is C9H20N2S. The molecule has 0 aromatic heterocycles. The number of hydrazine groups is 1. The molecule has 3 N–H and O–H groups in total. The van der Waals surface area contributed by atoms with Crippen molar-refractivity contribution in [2.75, 3.05) is 11.5 Å². The van der Waals surface area contributed by atoms with Gasteiger partial charge in [0.1, 0.15) is 0 Å². The summed E-state index contributed by atoms with van der Waals surface area (Å²) in [4.78, 5) is 0. The van der Waals surface area contributed by atoms with Crippen molar-refractivity contribution in [2.24, 2.45) is 17.7 Å². The van der Waals surface area contributed by atoms with E-state index in [9.17, 15) is 0 Å². The molecule has 0 aromatic rings. The fourth-order valence-corrected chi connectivity index (χ4v) is 3.17. The summed E-state index contributed by atoms with van der Waals surface area (Å²) in [7, 11) is 0. The Morgan fingerprint density at radius 2 is 2.42 bits per heavy atom. The van der Waals surface area contributed by atoms with Crippen LogP contribution in [0.4, 0.5) is 0 Å². The molecule has 3 heteroatoms. The van der Waals surface area contributed by atoms with Crippen molar-refractivity contribution in [3.8, 4) is 0 Å². The van der Waals surface area contributed by atoms with E-state index in [1.165, 1.54) is 24.3 Å². The van der Waals surface area contributed by atoms with Crippen LogP contribution in [0.2, 0.25) is 0 Å². The van der Waals surface area contributed by atoms with Crippen molar-refractivity contribution in [3.63, 3.8) is 0 Å². The second kappa shape index (κ2) is 5.10. The summed E-state index contributed by atoms with van der Waals surface area (Å²) in [5.41, 5.74) is 2.98. The summed E-state index contributed by atoms with van der Waals surface area (Å²) in [5.74, 6) is 9.69. The second-order valence-corrected chi connectivity index (χ2v) is 4.85. The minimum atomic E-state index is 0.532. The molecule has 3 unspecified atom stereocenters. The molecule has 1 aliphatic heterocycles. The summed E-state index contributed by atoms with van der Waals surface area (Å²) in [5, 5.41) is 0. The zero-order valence-corrected chi connectivity index (χ0v) is 8.86. The molecule has 0 amide bonds. The normalized spacial score (nSPS) is 28.8. The Balaban J connectivity index is 2.42. The first-order valence-electron chi connectivity index (χ1n) is 4.83. The van der Waals surface area contributed by atoms with Crippen molar-refractivity contribution < 1.29 is 0 Å². The maximum atomic E-state index is 5.57. The van der Waals surface area contributed by atoms with E-state index in [2.05, 4.69) is 31.0 Å². The Kier molecular flexibility index (Phi) is 4.40. The smallest absolute Gasteiger partial charge is 0.0272 e. The Labute approximate surface area is 79.6 Å². The van der Waals surface area contributed by atoms with Crippen molar-refractivity contribution in [1.82, 2.24) is 5.43 Å². The summed E-state index contributed by atoms with van der Waals surface area (Å²) < 4.78 is 0. The van der Waals surface area contributed by atoms with Gasteiger partial charge in [-0.15, -0.1) is 0 Å². The van der Waals surface area contributed by atoms with Gasteiger partial charge in [-0.25, -0.2) is 0 Å². The third-order valence-electron chi connectivity index (χ3n) is 2.92. The molecule has 0 bridgehead atoms. The quantitative estimate of drug-likeness (QED) is 0.520. The molecule has 1 aliphatic rings. The average Bonchev–Trinajstić information content (AvgIpc) is 2.58. The maximum absolute atomic E-state index is 5.57. The van der Waals surface area contributed by atoms with Crippen LogP contribution in [0.5, 0.6) is 0 Å². The van der Waals surface area contributed by atoms with Gasteiger partial charge in [-0.2, -0.15) is 11.8 Å². The third kappa shape index (κ3) is 2.38. The van der Waals surface area contributed by atoms with E-state index in [0.29, 0.717) is 12.0 Å². The van der Waals surface area contributed by atoms with Gasteiger partial charge < -0.3 is 0 Å². The second-order valence-electron chi connectivity index (χ2n) is 3.70. The highest BCUT2D eigenvalue weighted by atomic mass is 32.2. The van der Waals surface area contributed by atoms with Crippen molar-refractivity contribution in [2.45, 2.75) is 32.7 Å². The van der Waals surface area contributed by atoms with Crippen LogP contribution in [0.3, 0.4) is 0 Å². The molecule has 0 spiro atoms. The van der Waals surface area contributed by atoms with Gasteiger partial charge in [-0.05, 0) is 29.8 Å². The summed E-state index contributed by atoms with van der Waals surface area (Å²) in [6.45, 7) is 4.52. The molecular weight excluding hydrogens is 168 g/mol. The zero-order valence-electron chi connectivity index (χ0n) is 8.05. The lowest BCUT2D eigenvalue weighted by Gasteiger charge is -2.27. The predicted octanol–water partition coefficient (Wildman–Crippen LogP) is 1.62. The molecule has 0 aromatic carbocycles. The minimum Gasteiger partial charge on any atom is -0.271 e. The molecule has 0 aliphatic carbocycles. The lowest BCUT2D eigenvalue weighted by atomic mass is 9.88. The molecule has 1 fully saturated rings. The first-order chi connectivity index (χ1) is 5.79. The van der Waals surface area contributed by atoms with Gasteiger partial charge in [-0.1, -0.05) is 20.3 Å². The molecule has 1 heterocycles. The first kappa shape index (κ1) is 10.4. The summed E-state index contributed by atoms with van der Waals surface area (Å²) >= 11 is 2.06. The SMILES string of the molecule is CCC(C)C(NN)C1CCSC1. The van der Waals surface area contributed by atoms with Crippen LogP contribution in [0.25, 0.3) is 0 Å². The van der Waals surface area contributed by atoms with Gasteiger partial charge in [-0.3, -0.25) is 11.3 Å². The molecule has 0 saturated carbocycles. The summed E-state index contributed by atoms with van der Waals surface area (Å²) in [6, 6.07) is 0.532. The van der Waals surface area contributed by atoms with Crippen LogP contribution in [-0.4, -0.2) is 17.5 Å². The molecule has 12 heavy (non-hydrogen) atoms. The maximum Gasteiger partial charge on any atom is 0.0272 e. The van der Waals surface area contributed by atoms with Crippen LogP contribution < -0.4 is 11.3 Å². The van der Waals surface area contributed by atoms with Gasteiger partial charge >= 0.3 is 0 Å². The highest BCUT2D eigenvalue weighted by Gasteiger charge is 2.27. The number of nitrogens with one attached hydrogen (secondary N) is 1. The molecule has 1 rings (SSSR count). The number of thioether (sulfide) groups is 1. The van der Waals surface area contributed by atoms with E-state index in [0.717, 1.165) is 5.92 Å². The number of hydrogen-bond donors (Lipinski definition) is 2. The Hall–Kier alpha value is 0.270. The number of rotatable bonds is 4. The Morgan fingerprint density at radius 3 is 2.83 bits per heavy atom. The predicted molar refractivity (Wildman–Crippen MR) is 56.0 cm³/mol. The van der Waals surface area contributed by atoms with E-state index in [-0.39, 0.29) is 0 Å². The largest absolute Gasteiger partial charge is 0.271 e. The van der Waals surface area contributed by atoms with Gasteiger partial charge in [0.05, 0.1) is 0 Å². The Bertz CT molecular complexity index is 124. The van der Waals surface area contributed by atoms with Crippen LogP contribution >= 0.6 is 11.8 Å². The topological polar surface area (TPSA) is 38.0 Å². The lowest BCUT2D eigenvalue weighted by molar-refractivity contribution is 0.285. The van der Waals surface area contributed by atoms with E-state index < -0.39 is 0 Å². The van der Waals surface area contributed by atoms with Gasteiger partial charge in [0, 0.05) is 6.04 Å². The van der Waals surface area contributed by atoms with Crippen LogP contribution in [0.15, 0.2) is 0 Å². The van der Waals surface area contributed by atoms with Gasteiger partial charge in [0.15, 0.2) is 0 Å². The van der Waals surface area contributed by atoms with E-state index in [4.69, 9.17) is 5.84 Å². The molecule has 0 radical (unpaired) electrons. The highest BCUT2D eigenvalue weighted by Crippen LogP contribution is 2.29. The standard InChI is InChI=1S/C9H20N2S/c1-3-7(2)9(11-10)8-4-5-12-6-8/h7-9,11H,3-6,10H2,1-2H3. The van der Waals surface area contributed by atoms with Crippen LogP contribution in [0, 0.1) is 11.8 Å². The van der Waals surface area contributed by atoms with Crippen molar-refractivity contribution in [1.29, 1.82) is 0 Å². The number of hydrogen-bond acceptors (Lipinski definition) is 3. The molecule has 2 nitrogen and oxygen atoms in total. The number of nitrogens with two attached hydrogens (primary N) is 1. The van der Waals surface area contributed by atoms with Crippen molar-refractivity contribution in [3.05, 3.63) is 0 Å². The van der Waals surface area contributed by atoms with Gasteiger partial charge in [0.2, 0.25) is 0 Å². The Morgan fingerprint density at radius 1 is 1.67 bits per heavy atom. The third-order valence-corrected chi connectivity index (χ3v) is 4.11. The molecule has 1 saturated heterocycles. The van der Waals surface area contributed by atoms with Crippen LogP contribution in [-0.2, 0) is 0 Å². The zero-order chi connectivity index (χ0) is 8.97. The van der Waals surface area contributed by atoms with E-state index >= 15 is 0 Å². The average molecular weight is 188 g/mol. The first-order valence-corrected chi connectivity index (χ1v) is 5.99.